The molecule has 0 N–H and O–H groups in total. The second kappa shape index (κ2) is 49.2. The van der Waals surface area contributed by atoms with Crippen LogP contribution in [0.2, 0.25) is 0 Å². The van der Waals surface area contributed by atoms with E-state index in [4.69, 9.17) is 14.2 Å². The van der Waals surface area contributed by atoms with Gasteiger partial charge < -0.3 is 14.2 Å². The Hall–Kier alpha value is -3.41. The van der Waals surface area contributed by atoms with Crippen molar-refractivity contribution in [1.29, 1.82) is 0 Å². The molecule has 0 aliphatic carbocycles. The summed E-state index contributed by atoms with van der Waals surface area (Å²) < 4.78 is 16.6. The first kappa shape index (κ1) is 57.6. The van der Waals surface area contributed by atoms with E-state index in [1.165, 1.54) is 77.0 Å². The SMILES string of the molecule is CC/C=C\C/C=C\C/C=C\C/C=C\C/C=C\C/C=C\C/C=C\CCCCCCCCCC(=O)OCC(COC(=O)CCCCCCCC)OC(=O)CCCCCCCCCC. The molecule has 61 heavy (non-hydrogen) atoms. The third-order valence-electron chi connectivity index (χ3n) is 10.4. The van der Waals surface area contributed by atoms with Gasteiger partial charge in [0.2, 0.25) is 0 Å². The summed E-state index contributed by atoms with van der Waals surface area (Å²) in [6.45, 7) is 6.41. The van der Waals surface area contributed by atoms with Gasteiger partial charge in [0.25, 0.3) is 0 Å². The lowest BCUT2D eigenvalue weighted by atomic mass is 10.1. The number of unbranched alkanes of at least 4 members (excludes halogenated alkanes) is 19. The van der Waals surface area contributed by atoms with E-state index < -0.39 is 6.10 Å². The number of ether oxygens (including phenoxy) is 3. The molecule has 0 saturated carbocycles. The van der Waals surface area contributed by atoms with Gasteiger partial charge in [0.05, 0.1) is 0 Å². The summed E-state index contributed by atoms with van der Waals surface area (Å²) in [5, 5.41) is 0. The summed E-state index contributed by atoms with van der Waals surface area (Å²) in [5.74, 6) is -0.909. The van der Waals surface area contributed by atoms with E-state index in [9.17, 15) is 14.4 Å². The van der Waals surface area contributed by atoms with Crippen LogP contribution >= 0.6 is 0 Å². The van der Waals surface area contributed by atoms with Gasteiger partial charge in [-0.3, -0.25) is 14.4 Å². The Labute approximate surface area is 375 Å². The molecule has 0 aromatic carbocycles. The van der Waals surface area contributed by atoms with E-state index in [0.29, 0.717) is 19.3 Å². The molecular formula is C55H92O6. The molecular weight excluding hydrogens is 757 g/mol. The largest absolute Gasteiger partial charge is 0.462 e. The maximum Gasteiger partial charge on any atom is 0.306 e. The lowest BCUT2D eigenvalue weighted by Crippen LogP contribution is -2.30. The van der Waals surface area contributed by atoms with Crippen LogP contribution in [-0.4, -0.2) is 37.2 Å². The van der Waals surface area contributed by atoms with E-state index in [1.54, 1.807) is 0 Å². The Morgan fingerprint density at radius 1 is 0.344 bits per heavy atom. The zero-order valence-electron chi connectivity index (χ0n) is 39.7. The predicted octanol–water partition coefficient (Wildman–Crippen LogP) is 16.4. The van der Waals surface area contributed by atoms with Gasteiger partial charge in [-0.05, 0) is 77.0 Å². The standard InChI is InChI=1S/C55H92O6/c1-4-7-10-13-16-18-19-20-21-22-23-24-25-26-27-28-29-30-31-32-33-34-35-36-37-38-40-42-45-48-54(57)60-51-52(50-59-53(56)47-44-41-15-12-9-6-3)61-55(58)49-46-43-39-17-14-11-8-5-2/h7,10,16,18,20-21,23-24,26-27,29-30,32-33,52H,4-6,8-9,11-15,17,19,22,25,28,31,34-51H2,1-3H3/b10-7-,18-16-,21-20-,24-23-,27-26-,30-29-,33-32-. The van der Waals surface area contributed by atoms with E-state index in [1.807, 2.05) is 0 Å². The van der Waals surface area contributed by atoms with Crippen LogP contribution in [0, 0.1) is 0 Å². The number of carbonyl (C=O) groups excluding carboxylic acids is 3. The second-order valence-corrected chi connectivity index (χ2v) is 16.4. The van der Waals surface area contributed by atoms with Gasteiger partial charge in [0.15, 0.2) is 6.10 Å². The molecule has 0 heterocycles. The molecule has 0 fully saturated rings. The van der Waals surface area contributed by atoms with Crippen LogP contribution in [0.15, 0.2) is 85.1 Å². The molecule has 0 radical (unpaired) electrons. The predicted molar refractivity (Wildman–Crippen MR) is 261 cm³/mol. The lowest BCUT2D eigenvalue weighted by molar-refractivity contribution is -0.167. The number of esters is 3. The van der Waals surface area contributed by atoms with E-state index in [2.05, 4.69) is 106 Å². The molecule has 0 spiro atoms. The van der Waals surface area contributed by atoms with Crippen molar-refractivity contribution < 1.29 is 28.6 Å². The van der Waals surface area contributed by atoms with Crippen LogP contribution in [0.3, 0.4) is 0 Å². The second-order valence-electron chi connectivity index (χ2n) is 16.4. The lowest BCUT2D eigenvalue weighted by Gasteiger charge is -2.18. The molecule has 0 aromatic heterocycles. The van der Waals surface area contributed by atoms with Gasteiger partial charge in [-0.1, -0.05) is 215 Å². The zero-order valence-corrected chi connectivity index (χ0v) is 39.7. The molecule has 0 aliphatic rings. The third kappa shape index (κ3) is 47.5. The van der Waals surface area contributed by atoms with Gasteiger partial charge in [0, 0.05) is 19.3 Å². The maximum absolute atomic E-state index is 12.6. The van der Waals surface area contributed by atoms with Crippen LogP contribution in [0.25, 0.3) is 0 Å². The van der Waals surface area contributed by atoms with Crippen LogP contribution in [-0.2, 0) is 28.6 Å². The fourth-order valence-electron chi connectivity index (χ4n) is 6.66. The fourth-order valence-corrected chi connectivity index (χ4v) is 6.66. The normalized spacial score (nSPS) is 12.8. The highest BCUT2D eigenvalue weighted by Crippen LogP contribution is 2.14. The molecule has 1 unspecified atom stereocenters. The third-order valence-corrected chi connectivity index (χ3v) is 10.4. The molecule has 0 bridgehead atoms. The Kier molecular flexibility index (Phi) is 46.5. The summed E-state index contributed by atoms with van der Waals surface area (Å²) in [7, 11) is 0. The smallest absolute Gasteiger partial charge is 0.306 e. The Bertz CT molecular complexity index is 1200. The topological polar surface area (TPSA) is 78.9 Å². The monoisotopic (exact) mass is 849 g/mol. The highest BCUT2D eigenvalue weighted by Gasteiger charge is 2.19. The average molecular weight is 849 g/mol. The highest BCUT2D eigenvalue weighted by molar-refractivity contribution is 5.71. The van der Waals surface area contributed by atoms with Crippen molar-refractivity contribution >= 4 is 17.9 Å². The van der Waals surface area contributed by atoms with Crippen LogP contribution in [0.5, 0.6) is 0 Å². The minimum absolute atomic E-state index is 0.0790. The van der Waals surface area contributed by atoms with Crippen molar-refractivity contribution in [3.63, 3.8) is 0 Å². The van der Waals surface area contributed by atoms with E-state index in [-0.39, 0.29) is 31.1 Å². The minimum atomic E-state index is -0.773. The molecule has 0 rings (SSSR count). The first-order valence-corrected chi connectivity index (χ1v) is 25.1. The summed E-state index contributed by atoms with van der Waals surface area (Å²) in [4.78, 5) is 37.5. The van der Waals surface area contributed by atoms with Gasteiger partial charge in [-0.2, -0.15) is 0 Å². The molecule has 348 valence electrons. The molecule has 6 nitrogen and oxygen atoms in total. The Balaban J connectivity index is 4.07. The van der Waals surface area contributed by atoms with Crippen molar-refractivity contribution in [2.45, 2.75) is 232 Å². The minimum Gasteiger partial charge on any atom is -0.462 e. The van der Waals surface area contributed by atoms with Gasteiger partial charge in [-0.25, -0.2) is 0 Å². The van der Waals surface area contributed by atoms with Crippen molar-refractivity contribution in [1.82, 2.24) is 0 Å². The first-order valence-electron chi connectivity index (χ1n) is 25.1. The number of carbonyl (C=O) groups is 3. The van der Waals surface area contributed by atoms with Crippen LogP contribution in [0.4, 0.5) is 0 Å². The van der Waals surface area contributed by atoms with E-state index >= 15 is 0 Å². The van der Waals surface area contributed by atoms with Gasteiger partial charge in [-0.15, -0.1) is 0 Å². The van der Waals surface area contributed by atoms with Crippen molar-refractivity contribution in [2.24, 2.45) is 0 Å². The van der Waals surface area contributed by atoms with Crippen LogP contribution < -0.4 is 0 Å². The fraction of sp³-hybridized carbons (Fsp3) is 0.691. The summed E-state index contributed by atoms with van der Waals surface area (Å²) in [5.41, 5.74) is 0. The maximum atomic E-state index is 12.6. The zero-order chi connectivity index (χ0) is 44.4. The van der Waals surface area contributed by atoms with Crippen LogP contribution in [0.1, 0.15) is 226 Å². The number of hydrogen-bond acceptors (Lipinski definition) is 6. The number of allylic oxidation sites excluding steroid dienone is 14. The molecule has 0 saturated heterocycles. The van der Waals surface area contributed by atoms with Crippen molar-refractivity contribution in [3.8, 4) is 0 Å². The average Bonchev–Trinajstić information content (AvgIpc) is 3.26. The van der Waals surface area contributed by atoms with Gasteiger partial charge in [0.1, 0.15) is 13.2 Å². The molecule has 0 amide bonds. The Morgan fingerprint density at radius 3 is 1.00 bits per heavy atom. The number of hydrogen-bond donors (Lipinski definition) is 0. The molecule has 1 atom stereocenters. The molecule has 0 aromatic rings. The van der Waals surface area contributed by atoms with Gasteiger partial charge >= 0.3 is 17.9 Å². The molecule has 6 heteroatoms. The Morgan fingerprint density at radius 2 is 0.639 bits per heavy atom. The first-order chi connectivity index (χ1) is 30.0. The van der Waals surface area contributed by atoms with Crippen molar-refractivity contribution in [2.75, 3.05) is 13.2 Å². The van der Waals surface area contributed by atoms with Crippen molar-refractivity contribution in [3.05, 3.63) is 85.1 Å². The number of rotatable bonds is 44. The quantitative estimate of drug-likeness (QED) is 0.0263. The highest BCUT2D eigenvalue weighted by atomic mass is 16.6. The summed E-state index contributed by atoms with van der Waals surface area (Å²) >= 11 is 0. The summed E-state index contributed by atoms with van der Waals surface area (Å²) in [6.07, 6.45) is 63.2. The molecule has 0 aliphatic heterocycles. The van der Waals surface area contributed by atoms with E-state index in [0.717, 1.165) is 109 Å². The summed E-state index contributed by atoms with van der Waals surface area (Å²) in [6, 6.07) is 0.